The summed E-state index contributed by atoms with van der Waals surface area (Å²) in [5.74, 6) is 3.88. The van der Waals surface area contributed by atoms with E-state index in [4.69, 9.17) is 18.9 Å². The molecule has 4 aliphatic heterocycles. The maximum absolute atomic E-state index is 5.66. The summed E-state index contributed by atoms with van der Waals surface area (Å²) < 4.78 is 22.7. The Morgan fingerprint density at radius 2 is 0.672 bits per heavy atom. The van der Waals surface area contributed by atoms with E-state index in [1.807, 2.05) is 0 Å². The quantitative estimate of drug-likeness (QED) is 0.0890. The zero-order valence-electron chi connectivity index (χ0n) is 37.3. The van der Waals surface area contributed by atoms with Gasteiger partial charge in [0.05, 0.1) is 28.4 Å². The maximum atomic E-state index is 5.66. The predicted octanol–water partition coefficient (Wildman–Crippen LogP) is 9.85. The van der Waals surface area contributed by atoms with Crippen LogP contribution in [0.25, 0.3) is 0 Å². The lowest BCUT2D eigenvalue weighted by molar-refractivity contribution is 0.147. The van der Waals surface area contributed by atoms with Crippen molar-refractivity contribution < 1.29 is 18.9 Å². The molecule has 0 saturated heterocycles. The van der Waals surface area contributed by atoms with Gasteiger partial charge in [0.1, 0.15) is 23.0 Å². The standard InChI is InChI=1S/C53H70N4O4/c1-58-40-5-9-44-36(31-40)17-27-54-48(44)13-21-52(22-14-49-45-10-6-41(59-2)32-37(45)18-28-55-49)25-26-53(35-52,23-15-50-46-11-7-42(60-3)33-38(46)19-29-56-50)24-16-51-47-12-8-43(61-4)34-39(47)20-30-57-51/h5-12,31-34,48-51,54-57H,13-30,35H2,1-4H3. The number of hydrogen-bond donors (Lipinski definition) is 4. The van der Waals surface area contributed by atoms with Crippen LogP contribution in [0.3, 0.4) is 0 Å². The Balaban J connectivity index is 1.01. The molecular formula is C53H70N4O4. The first-order valence-corrected chi connectivity index (χ1v) is 23.5. The molecule has 4 aromatic rings. The summed E-state index contributed by atoms with van der Waals surface area (Å²) in [7, 11) is 7.14. The van der Waals surface area contributed by atoms with Gasteiger partial charge in [0, 0.05) is 24.2 Å². The number of fused-ring (bicyclic) bond motifs is 4. The summed E-state index contributed by atoms with van der Waals surface area (Å²) in [6.07, 6.45) is 17.8. The second kappa shape index (κ2) is 18.7. The van der Waals surface area contributed by atoms with Gasteiger partial charge in [0.15, 0.2) is 0 Å². The fourth-order valence-electron chi connectivity index (χ4n) is 12.5. The van der Waals surface area contributed by atoms with Crippen molar-refractivity contribution in [3.63, 3.8) is 0 Å². The first-order chi connectivity index (χ1) is 29.9. The first kappa shape index (κ1) is 42.2. The van der Waals surface area contributed by atoms with E-state index in [0.29, 0.717) is 24.2 Å². The maximum Gasteiger partial charge on any atom is 0.119 e. The highest BCUT2D eigenvalue weighted by atomic mass is 16.5. The normalized spacial score (nSPS) is 26.7. The minimum atomic E-state index is 0.272. The lowest BCUT2D eigenvalue weighted by Crippen LogP contribution is -2.34. The van der Waals surface area contributed by atoms with Crippen LogP contribution >= 0.6 is 0 Å². The molecule has 0 aromatic heterocycles. The third-order valence-corrected chi connectivity index (χ3v) is 15.8. The molecule has 4 aromatic carbocycles. The SMILES string of the molecule is COc1ccc2c(c1)CCNC2CCC1(CCC2NCCc3cc(OC)ccc32)CCC(CCC2NCCc3cc(OC)ccc32)(CCC2NCCc3cc(OC)ccc32)C1. The summed E-state index contributed by atoms with van der Waals surface area (Å²) in [4.78, 5) is 0. The van der Waals surface area contributed by atoms with E-state index in [2.05, 4.69) is 94.1 Å². The Hall–Kier alpha value is -4.08. The minimum absolute atomic E-state index is 0.272. The van der Waals surface area contributed by atoms with Crippen molar-refractivity contribution in [2.75, 3.05) is 54.6 Å². The van der Waals surface area contributed by atoms with E-state index in [-0.39, 0.29) is 10.8 Å². The average molecular weight is 827 g/mol. The fourth-order valence-corrected chi connectivity index (χ4v) is 12.5. The van der Waals surface area contributed by atoms with Gasteiger partial charge in [0.25, 0.3) is 0 Å². The molecule has 5 aliphatic rings. The second-order valence-corrected chi connectivity index (χ2v) is 19.1. The zero-order chi connectivity index (χ0) is 41.8. The Morgan fingerprint density at radius 1 is 0.410 bits per heavy atom. The van der Waals surface area contributed by atoms with Gasteiger partial charge in [-0.1, -0.05) is 24.3 Å². The van der Waals surface area contributed by atoms with Crippen LogP contribution < -0.4 is 40.2 Å². The topological polar surface area (TPSA) is 85.0 Å². The lowest BCUT2D eigenvalue weighted by atomic mass is 9.68. The van der Waals surface area contributed by atoms with Gasteiger partial charge in [0.2, 0.25) is 0 Å². The number of rotatable bonds is 16. The van der Waals surface area contributed by atoms with Crippen molar-refractivity contribution in [1.29, 1.82) is 0 Å². The highest BCUT2D eigenvalue weighted by molar-refractivity contribution is 5.42. The molecule has 1 aliphatic carbocycles. The zero-order valence-corrected chi connectivity index (χ0v) is 37.3. The van der Waals surface area contributed by atoms with Crippen LogP contribution in [-0.4, -0.2) is 54.6 Å². The molecule has 0 spiro atoms. The van der Waals surface area contributed by atoms with Crippen molar-refractivity contribution in [3.8, 4) is 23.0 Å². The molecule has 8 heteroatoms. The van der Waals surface area contributed by atoms with Crippen LogP contribution in [0.15, 0.2) is 72.8 Å². The Bertz CT molecular complexity index is 1850. The molecule has 4 unspecified atom stereocenters. The van der Waals surface area contributed by atoms with Crippen LogP contribution in [-0.2, 0) is 25.7 Å². The van der Waals surface area contributed by atoms with Crippen molar-refractivity contribution in [3.05, 3.63) is 117 Å². The molecule has 1 saturated carbocycles. The molecule has 326 valence electrons. The van der Waals surface area contributed by atoms with Crippen LogP contribution in [0.5, 0.6) is 23.0 Å². The highest BCUT2D eigenvalue weighted by Gasteiger charge is 2.48. The number of hydrogen-bond acceptors (Lipinski definition) is 8. The Morgan fingerprint density at radius 3 is 0.918 bits per heavy atom. The largest absolute Gasteiger partial charge is 0.497 e. The Kier molecular flexibility index (Phi) is 13.0. The minimum Gasteiger partial charge on any atom is -0.497 e. The number of ether oxygens (including phenoxy) is 4. The van der Waals surface area contributed by atoms with E-state index in [9.17, 15) is 0 Å². The van der Waals surface area contributed by atoms with Crippen LogP contribution in [0.4, 0.5) is 0 Å². The summed E-state index contributed by atoms with van der Waals surface area (Å²) in [6, 6.07) is 28.6. The van der Waals surface area contributed by atoms with Crippen molar-refractivity contribution in [2.45, 2.75) is 120 Å². The average Bonchev–Trinajstić information content (AvgIpc) is 3.68. The summed E-state index contributed by atoms with van der Waals surface area (Å²) in [6.45, 7) is 4.10. The molecule has 4 heterocycles. The highest BCUT2D eigenvalue weighted by Crippen LogP contribution is 2.60. The van der Waals surface area contributed by atoms with E-state index < -0.39 is 0 Å². The van der Waals surface area contributed by atoms with E-state index >= 15 is 0 Å². The van der Waals surface area contributed by atoms with Crippen molar-refractivity contribution >= 4 is 0 Å². The summed E-state index contributed by atoms with van der Waals surface area (Å²) in [5, 5.41) is 15.9. The monoisotopic (exact) mass is 827 g/mol. The summed E-state index contributed by atoms with van der Waals surface area (Å²) in [5.41, 5.74) is 12.2. The third-order valence-electron chi connectivity index (χ3n) is 15.8. The van der Waals surface area contributed by atoms with Crippen LogP contribution in [0.2, 0.25) is 0 Å². The van der Waals surface area contributed by atoms with Crippen LogP contribution in [0, 0.1) is 10.8 Å². The van der Waals surface area contributed by atoms with Gasteiger partial charge in [-0.15, -0.1) is 0 Å². The van der Waals surface area contributed by atoms with Gasteiger partial charge in [-0.25, -0.2) is 0 Å². The Labute approximate surface area is 365 Å². The second-order valence-electron chi connectivity index (χ2n) is 19.1. The smallest absolute Gasteiger partial charge is 0.119 e. The van der Waals surface area contributed by atoms with Crippen molar-refractivity contribution in [2.24, 2.45) is 10.8 Å². The van der Waals surface area contributed by atoms with Gasteiger partial charge in [-0.3, -0.25) is 0 Å². The molecule has 0 radical (unpaired) electrons. The number of methoxy groups -OCH3 is 4. The van der Waals surface area contributed by atoms with Crippen molar-refractivity contribution in [1.82, 2.24) is 21.3 Å². The molecule has 8 nitrogen and oxygen atoms in total. The van der Waals surface area contributed by atoms with Gasteiger partial charge in [-0.05, 0) is 226 Å². The molecule has 0 bridgehead atoms. The predicted molar refractivity (Wildman–Crippen MR) is 245 cm³/mol. The number of nitrogens with one attached hydrogen (secondary N) is 4. The van der Waals surface area contributed by atoms with Crippen LogP contribution in [0.1, 0.15) is 139 Å². The molecule has 1 fully saturated rings. The molecule has 4 N–H and O–H groups in total. The molecule has 0 amide bonds. The first-order valence-electron chi connectivity index (χ1n) is 23.5. The molecule has 9 rings (SSSR count). The molecule has 61 heavy (non-hydrogen) atoms. The molecule has 4 atom stereocenters. The molecular weight excluding hydrogens is 757 g/mol. The van der Waals surface area contributed by atoms with E-state index in [0.717, 1.165) is 74.9 Å². The summed E-state index contributed by atoms with van der Waals surface area (Å²) >= 11 is 0. The van der Waals surface area contributed by atoms with Gasteiger partial charge < -0.3 is 40.2 Å². The third kappa shape index (κ3) is 9.20. The van der Waals surface area contributed by atoms with Gasteiger partial charge in [-0.2, -0.15) is 0 Å². The van der Waals surface area contributed by atoms with E-state index in [1.54, 1.807) is 28.4 Å². The van der Waals surface area contributed by atoms with E-state index in [1.165, 1.54) is 115 Å². The number of benzene rings is 4. The van der Waals surface area contributed by atoms with Gasteiger partial charge >= 0.3 is 0 Å². The fraction of sp³-hybridized carbons (Fsp3) is 0.547. The lowest BCUT2D eigenvalue weighted by Gasteiger charge is -2.40.